The summed E-state index contributed by atoms with van der Waals surface area (Å²) in [7, 11) is 0. The van der Waals surface area contributed by atoms with Crippen molar-refractivity contribution in [3.05, 3.63) is 35.7 Å². The molecule has 1 aromatic heterocycles. The monoisotopic (exact) mass is 308 g/mol. The maximum absolute atomic E-state index is 5.76. The van der Waals surface area contributed by atoms with Gasteiger partial charge in [-0.1, -0.05) is 29.5 Å². The summed E-state index contributed by atoms with van der Waals surface area (Å²) in [6.45, 7) is 6.40. The van der Waals surface area contributed by atoms with Gasteiger partial charge >= 0.3 is 0 Å². The molecule has 0 amide bonds. The fourth-order valence-electron chi connectivity index (χ4n) is 1.91. The van der Waals surface area contributed by atoms with Crippen molar-refractivity contribution in [3.8, 4) is 0 Å². The molecular formula is C14H16N2O2S2. The maximum atomic E-state index is 5.76. The van der Waals surface area contributed by atoms with Crippen molar-refractivity contribution in [3.63, 3.8) is 0 Å². The van der Waals surface area contributed by atoms with Crippen LogP contribution in [-0.2, 0) is 9.47 Å². The number of hydrogen-bond acceptors (Lipinski definition) is 6. The van der Waals surface area contributed by atoms with Crippen molar-refractivity contribution in [1.82, 2.24) is 9.36 Å². The minimum Gasteiger partial charge on any atom is -0.347 e. The van der Waals surface area contributed by atoms with Crippen molar-refractivity contribution in [2.24, 2.45) is 0 Å². The Morgan fingerprint density at radius 2 is 2.05 bits per heavy atom. The third kappa shape index (κ3) is 3.20. The molecule has 6 heteroatoms. The molecule has 1 fully saturated rings. The van der Waals surface area contributed by atoms with Crippen molar-refractivity contribution in [2.45, 2.75) is 41.9 Å². The van der Waals surface area contributed by atoms with Crippen molar-refractivity contribution in [1.29, 1.82) is 0 Å². The van der Waals surface area contributed by atoms with E-state index in [1.54, 1.807) is 11.8 Å². The highest BCUT2D eigenvalue weighted by atomic mass is 32.2. The predicted octanol–water partition coefficient (Wildman–Crippen LogP) is 3.82. The summed E-state index contributed by atoms with van der Waals surface area (Å²) in [5.41, 5.74) is 1.26. The average molecular weight is 308 g/mol. The van der Waals surface area contributed by atoms with E-state index in [4.69, 9.17) is 9.47 Å². The summed E-state index contributed by atoms with van der Waals surface area (Å²) in [5, 5.41) is 0. The van der Waals surface area contributed by atoms with Gasteiger partial charge in [0, 0.05) is 4.90 Å². The van der Waals surface area contributed by atoms with Crippen LogP contribution in [0.1, 0.15) is 31.3 Å². The number of benzene rings is 1. The van der Waals surface area contributed by atoms with E-state index in [9.17, 15) is 0 Å². The Morgan fingerprint density at radius 1 is 1.30 bits per heavy atom. The third-order valence-electron chi connectivity index (χ3n) is 2.95. The smallest absolute Gasteiger partial charge is 0.175 e. The molecule has 1 saturated heterocycles. The quantitative estimate of drug-likeness (QED) is 0.862. The summed E-state index contributed by atoms with van der Waals surface area (Å²) in [5.74, 6) is 0.176. The zero-order valence-electron chi connectivity index (χ0n) is 11.6. The van der Waals surface area contributed by atoms with Crippen LogP contribution in [0.25, 0.3) is 0 Å². The van der Waals surface area contributed by atoms with Gasteiger partial charge in [-0.3, -0.25) is 0 Å². The molecule has 1 aliphatic heterocycles. The second kappa shape index (κ2) is 5.44. The van der Waals surface area contributed by atoms with Crippen LogP contribution >= 0.6 is 23.3 Å². The van der Waals surface area contributed by atoms with Gasteiger partial charge in [0.05, 0.1) is 6.61 Å². The lowest BCUT2D eigenvalue weighted by Gasteiger charge is -2.15. The SMILES string of the molecule is Cc1ccc(Sc2nc([C@H]3COC(C)(C)O3)ns2)cc1. The highest BCUT2D eigenvalue weighted by Gasteiger charge is 2.35. The lowest BCUT2D eigenvalue weighted by Crippen LogP contribution is -2.19. The van der Waals surface area contributed by atoms with Gasteiger partial charge in [0.2, 0.25) is 0 Å². The molecule has 0 N–H and O–H groups in total. The maximum Gasteiger partial charge on any atom is 0.175 e. The molecule has 0 radical (unpaired) electrons. The van der Waals surface area contributed by atoms with Gasteiger partial charge in [-0.25, -0.2) is 4.98 Å². The van der Waals surface area contributed by atoms with Gasteiger partial charge in [0.15, 0.2) is 16.0 Å². The second-order valence-electron chi connectivity index (χ2n) is 5.15. The van der Waals surface area contributed by atoms with E-state index >= 15 is 0 Å². The lowest BCUT2D eigenvalue weighted by molar-refractivity contribution is -0.139. The van der Waals surface area contributed by atoms with Crippen LogP contribution in [0.4, 0.5) is 0 Å². The van der Waals surface area contributed by atoms with Gasteiger partial charge < -0.3 is 9.47 Å². The molecule has 4 nitrogen and oxygen atoms in total. The van der Waals surface area contributed by atoms with Crippen molar-refractivity contribution >= 4 is 23.3 Å². The lowest BCUT2D eigenvalue weighted by atomic mass is 10.2. The van der Waals surface area contributed by atoms with Crippen LogP contribution < -0.4 is 0 Å². The first-order valence-electron chi connectivity index (χ1n) is 6.42. The number of ether oxygens (including phenoxy) is 2. The van der Waals surface area contributed by atoms with E-state index in [1.807, 2.05) is 13.8 Å². The van der Waals surface area contributed by atoms with E-state index in [0.29, 0.717) is 6.61 Å². The zero-order chi connectivity index (χ0) is 14.2. The first kappa shape index (κ1) is 14.0. The van der Waals surface area contributed by atoms with Crippen LogP contribution in [0, 0.1) is 6.92 Å². The van der Waals surface area contributed by atoms with Crippen LogP contribution in [0.2, 0.25) is 0 Å². The fraction of sp³-hybridized carbons (Fsp3) is 0.429. The van der Waals surface area contributed by atoms with Crippen molar-refractivity contribution in [2.75, 3.05) is 6.61 Å². The number of hydrogen-bond donors (Lipinski definition) is 0. The molecule has 1 aliphatic rings. The molecule has 3 rings (SSSR count). The Balaban J connectivity index is 1.69. The zero-order valence-corrected chi connectivity index (χ0v) is 13.3. The first-order valence-corrected chi connectivity index (χ1v) is 8.01. The number of aromatic nitrogens is 2. The highest BCUT2D eigenvalue weighted by molar-refractivity contribution is 8.01. The topological polar surface area (TPSA) is 44.2 Å². The minimum atomic E-state index is -0.541. The molecule has 1 aromatic carbocycles. The van der Waals surface area contributed by atoms with Gasteiger partial charge in [-0.05, 0) is 44.4 Å². The number of rotatable bonds is 3. The van der Waals surface area contributed by atoms with Crippen LogP contribution in [0.3, 0.4) is 0 Å². The molecule has 2 heterocycles. The predicted molar refractivity (Wildman–Crippen MR) is 79.1 cm³/mol. The second-order valence-corrected chi connectivity index (χ2v) is 7.22. The van der Waals surface area contributed by atoms with E-state index in [2.05, 4.69) is 40.5 Å². The molecule has 20 heavy (non-hydrogen) atoms. The molecule has 0 spiro atoms. The molecule has 106 valence electrons. The average Bonchev–Trinajstić information content (AvgIpc) is 2.99. The number of nitrogens with zero attached hydrogens (tertiary/aromatic N) is 2. The largest absolute Gasteiger partial charge is 0.347 e. The summed E-state index contributed by atoms with van der Waals surface area (Å²) in [6, 6.07) is 8.39. The molecular weight excluding hydrogens is 292 g/mol. The normalized spacial score (nSPS) is 21.2. The molecule has 0 saturated carbocycles. The van der Waals surface area contributed by atoms with E-state index in [1.165, 1.54) is 22.0 Å². The van der Waals surface area contributed by atoms with Gasteiger partial charge in [0.25, 0.3) is 0 Å². The highest BCUT2D eigenvalue weighted by Crippen LogP contribution is 2.35. The van der Waals surface area contributed by atoms with E-state index in [-0.39, 0.29) is 6.10 Å². The van der Waals surface area contributed by atoms with Crippen LogP contribution in [0.5, 0.6) is 0 Å². The Bertz CT molecular complexity index is 595. The van der Waals surface area contributed by atoms with Gasteiger partial charge in [0.1, 0.15) is 6.10 Å². The Hall–Kier alpha value is -0.950. The van der Waals surface area contributed by atoms with E-state index < -0.39 is 5.79 Å². The van der Waals surface area contributed by atoms with E-state index in [0.717, 1.165) is 10.2 Å². The fourth-order valence-corrected chi connectivity index (χ4v) is 3.54. The molecule has 1 atom stereocenters. The molecule has 0 unspecified atom stereocenters. The summed E-state index contributed by atoms with van der Waals surface area (Å²) < 4.78 is 16.6. The van der Waals surface area contributed by atoms with Gasteiger partial charge in [-0.2, -0.15) is 4.37 Å². The number of aryl methyl sites for hydroxylation is 1. The minimum absolute atomic E-state index is 0.159. The molecule has 2 aromatic rings. The standard InChI is InChI=1S/C14H16N2O2S2/c1-9-4-6-10(7-5-9)19-13-15-12(16-20-13)11-8-17-14(2,3)18-11/h4-7,11H,8H2,1-3H3/t11-/m1/s1. The summed E-state index contributed by atoms with van der Waals surface area (Å²) >= 11 is 3.03. The first-order chi connectivity index (χ1) is 9.52. The Labute approximate surface area is 126 Å². The summed E-state index contributed by atoms with van der Waals surface area (Å²) in [4.78, 5) is 5.71. The Kier molecular flexibility index (Phi) is 3.81. The van der Waals surface area contributed by atoms with Crippen LogP contribution in [0.15, 0.2) is 33.5 Å². The Morgan fingerprint density at radius 3 is 2.70 bits per heavy atom. The molecule has 0 aliphatic carbocycles. The third-order valence-corrected chi connectivity index (χ3v) is 4.72. The van der Waals surface area contributed by atoms with Crippen molar-refractivity contribution < 1.29 is 9.47 Å². The molecule has 0 bridgehead atoms. The van der Waals surface area contributed by atoms with Crippen LogP contribution in [-0.4, -0.2) is 21.8 Å². The van der Waals surface area contributed by atoms with Gasteiger partial charge in [-0.15, -0.1) is 0 Å². The summed E-state index contributed by atoms with van der Waals surface area (Å²) in [6.07, 6.45) is -0.159.